The highest BCUT2D eigenvalue weighted by Crippen LogP contribution is 2.41. The van der Waals surface area contributed by atoms with Crippen molar-refractivity contribution in [1.82, 2.24) is 10.6 Å². The maximum absolute atomic E-state index is 11.7. The van der Waals surface area contributed by atoms with Crippen molar-refractivity contribution in [2.45, 2.75) is 6.04 Å². The molecule has 0 bridgehead atoms. The van der Waals surface area contributed by atoms with Crippen molar-refractivity contribution in [3.8, 4) is 0 Å². The van der Waals surface area contributed by atoms with E-state index in [1.807, 2.05) is 16.8 Å². The molecule has 1 aromatic rings. The predicted molar refractivity (Wildman–Crippen MR) is 55.4 cm³/mol. The molecule has 1 amide bonds. The van der Waals surface area contributed by atoms with Gasteiger partial charge in [0.25, 0.3) is 5.91 Å². The van der Waals surface area contributed by atoms with Crippen LogP contribution < -0.4 is 10.6 Å². The lowest BCUT2D eigenvalue weighted by Crippen LogP contribution is -2.32. The molecule has 0 aromatic carbocycles. The average Bonchev–Trinajstić information content (AvgIpc) is 2.75. The van der Waals surface area contributed by atoms with Crippen LogP contribution in [-0.4, -0.2) is 25.0 Å². The molecule has 1 saturated carbocycles. The molecule has 1 aliphatic heterocycles. The number of piperidine rings is 1. The van der Waals surface area contributed by atoms with Gasteiger partial charge in [0.05, 0.1) is 0 Å². The molecule has 1 saturated heterocycles. The molecule has 74 valence electrons. The zero-order chi connectivity index (χ0) is 9.54. The molecule has 14 heavy (non-hydrogen) atoms. The van der Waals surface area contributed by atoms with Crippen molar-refractivity contribution in [1.29, 1.82) is 0 Å². The Bertz CT molecular complexity index is 339. The van der Waals surface area contributed by atoms with Crippen LogP contribution in [0, 0.1) is 11.8 Å². The van der Waals surface area contributed by atoms with Gasteiger partial charge in [-0.2, -0.15) is 11.3 Å². The molecule has 2 N–H and O–H groups in total. The van der Waals surface area contributed by atoms with Crippen molar-refractivity contribution in [2.75, 3.05) is 13.1 Å². The van der Waals surface area contributed by atoms with Gasteiger partial charge in [-0.05, 0) is 23.3 Å². The van der Waals surface area contributed by atoms with Crippen LogP contribution in [0.15, 0.2) is 16.8 Å². The number of fused-ring (bicyclic) bond motifs is 1. The Morgan fingerprint density at radius 3 is 2.93 bits per heavy atom. The summed E-state index contributed by atoms with van der Waals surface area (Å²) in [6.07, 6.45) is 0. The largest absolute Gasteiger partial charge is 0.349 e. The third-order valence-corrected chi connectivity index (χ3v) is 3.86. The molecule has 3 rings (SSSR count). The first-order valence-corrected chi connectivity index (χ1v) is 5.84. The molecule has 2 fully saturated rings. The van der Waals surface area contributed by atoms with Crippen LogP contribution in [0.5, 0.6) is 0 Å². The standard InChI is InChI=1S/C10H12N2OS/c13-10(6-1-2-14-5-6)12-9-7-3-11-4-8(7)9/h1-2,5,7-9,11H,3-4H2,(H,12,13). The minimum absolute atomic E-state index is 0.0886. The van der Waals surface area contributed by atoms with Crippen LogP contribution >= 0.6 is 11.3 Å². The van der Waals surface area contributed by atoms with E-state index in [4.69, 9.17) is 0 Å². The van der Waals surface area contributed by atoms with E-state index in [0.717, 1.165) is 18.7 Å². The van der Waals surface area contributed by atoms with E-state index >= 15 is 0 Å². The summed E-state index contributed by atoms with van der Waals surface area (Å²) in [5.41, 5.74) is 0.799. The second-order valence-electron chi connectivity index (χ2n) is 4.00. The van der Waals surface area contributed by atoms with E-state index in [1.54, 1.807) is 11.3 Å². The van der Waals surface area contributed by atoms with Gasteiger partial charge in [-0.15, -0.1) is 0 Å². The molecular weight excluding hydrogens is 196 g/mol. The molecular formula is C10H12N2OS. The van der Waals surface area contributed by atoms with Crippen LogP contribution in [0.1, 0.15) is 10.4 Å². The quantitative estimate of drug-likeness (QED) is 0.751. The number of thiophene rings is 1. The summed E-state index contributed by atoms with van der Waals surface area (Å²) in [5, 5.41) is 10.2. The van der Waals surface area contributed by atoms with Gasteiger partial charge in [0.15, 0.2) is 0 Å². The van der Waals surface area contributed by atoms with Crippen molar-refractivity contribution >= 4 is 17.2 Å². The van der Waals surface area contributed by atoms with Crippen molar-refractivity contribution < 1.29 is 4.79 Å². The van der Waals surface area contributed by atoms with Crippen LogP contribution in [0.3, 0.4) is 0 Å². The minimum atomic E-state index is 0.0886. The summed E-state index contributed by atoms with van der Waals surface area (Å²) in [6, 6.07) is 2.31. The summed E-state index contributed by atoms with van der Waals surface area (Å²) in [5.74, 6) is 1.47. The fourth-order valence-corrected chi connectivity index (χ4v) is 2.90. The Kier molecular flexibility index (Phi) is 1.85. The van der Waals surface area contributed by atoms with Crippen LogP contribution in [0.2, 0.25) is 0 Å². The first kappa shape index (κ1) is 8.44. The monoisotopic (exact) mass is 208 g/mol. The molecule has 2 aliphatic rings. The lowest BCUT2D eigenvalue weighted by Gasteiger charge is -2.05. The second kappa shape index (κ2) is 3.07. The van der Waals surface area contributed by atoms with Crippen LogP contribution in [-0.2, 0) is 0 Å². The summed E-state index contributed by atoms with van der Waals surface area (Å²) >= 11 is 1.56. The molecule has 2 atom stereocenters. The highest BCUT2D eigenvalue weighted by molar-refractivity contribution is 7.08. The first-order valence-electron chi connectivity index (χ1n) is 4.90. The number of nitrogens with one attached hydrogen (secondary N) is 2. The summed E-state index contributed by atoms with van der Waals surface area (Å²) in [6.45, 7) is 2.14. The van der Waals surface area contributed by atoms with Gasteiger partial charge in [-0.25, -0.2) is 0 Å². The highest BCUT2D eigenvalue weighted by Gasteiger charge is 2.53. The van der Waals surface area contributed by atoms with Gasteiger partial charge in [0.2, 0.25) is 0 Å². The Morgan fingerprint density at radius 1 is 1.50 bits per heavy atom. The third kappa shape index (κ3) is 1.26. The van der Waals surface area contributed by atoms with Gasteiger partial charge in [-0.1, -0.05) is 0 Å². The second-order valence-corrected chi connectivity index (χ2v) is 4.78. The van der Waals surface area contributed by atoms with E-state index in [0.29, 0.717) is 17.9 Å². The summed E-state index contributed by atoms with van der Waals surface area (Å²) in [4.78, 5) is 11.7. The average molecular weight is 208 g/mol. The molecule has 2 heterocycles. The summed E-state index contributed by atoms with van der Waals surface area (Å²) < 4.78 is 0. The van der Waals surface area contributed by atoms with E-state index < -0.39 is 0 Å². The molecule has 0 spiro atoms. The number of carbonyl (C=O) groups excluding carboxylic acids is 1. The maximum Gasteiger partial charge on any atom is 0.252 e. The van der Waals surface area contributed by atoms with Crippen molar-refractivity contribution in [3.63, 3.8) is 0 Å². The lowest BCUT2D eigenvalue weighted by molar-refractivity contribution is 0.0947. The molecule has 1 aliphatic carbocycles. The molecule has 4 heteroatoms. The van der Waals surface area contributed by atoms with Crippen molar-refractivity contribution in [2.24, 2.45) is 11.8 Å². The predicted octanol–water partition coefficient (Wildman–Crippen LogP) is 0.696. The summed E-state index contributed by atoms with van der Waals surface area (Å²) in [7, 11) is 0. The van der Waals surface area contributed by atoms with Crippen LogP contribution in [0.25, 0.3) is 0 Å². The number of rotatable bonds is 2. The normalized spacial score (nSPS) is 33.9. The number of amides is 1. The fourth-order valence-electron chi connectivity index (χ4n) is 2.26. The molecule has 0 radical (unpaired) electrons. The smallest absolute Gasteiger partial charge is 0.252 e. The number of carbonyl (C=O) groups is 1. The highest BCUT2D eigenvalue weighted by atomic mass is 32.1. The zero-order valence-corrected chi connectivity index (χ0v) is 8.51. The first-order chi connectivity index (χ1) is 6.86. The zero-order valence-electron chi connectivity index (χ0n) is 7.69. The number of hydrogen-bond donors (Lipinski definition) is 2. The Hall–Kier alpha value is -0.870. The van der Waals surface area contributed by atoms with Gasteiger partial charge < -0.3 is 10.6 Å². The Morgan fingerprint density at radius 2 is 2.29 bits per heavy atom. The Balaban J connectivity index is 1.61. The fraction of sp³-hybridized carbons (Fsp3) is 0.500. The molecule has 1 aromatic heterocycles. The van der Waals surface area contributed by atoms with E-state index in [-0.39, 0.29) is 5.91 Å². The van der Waals surface area contributed by atoms with E-state index in [2.05, 4.69) is 10.6 Å². The Labute approximate surface area is 86.5 Å². The van der Waals surface area contributed by atoms with E-state index in [9.17, 15) is 4.79 Å². The van der Waals surface area contributed by atoms with Gasteiger partial charge in [0, 0.05) is 30.1 Å². The lowest BCUT2D eigenvalue weighted by atomic mass is 10.3. The topological polar surface area (TPSA) is 41.1 Å². The van der Waals surface area contributed by atoms with Crippen LogP contribution in [0.4, 0.5) is 0 Å². The van der Waals surface area contributed by atoms with Gasteiger partial charge >= 0.3 is 0 Å². The van der Waals surface area contributed by atoms with E-state index in [1.165, 1.54) is 0 Å². The minimum Gasteiger partial charge on any atom is -0.349 e. The van der Waals surface area contributed by atoms with Gasteiger partial charge in [0.1, 0.15) is 0 Å². The maximum atomic E-state index is 11.7. The third-order valence-electron chi connectivity index (χ3n) is 3.17. The molecule has 3 nitrogen and oxygen atoms in total. The van der Waals surface area contributed by atoms with Crippen molar-refractivity contribution in [3.05, 3.63) is 22.4 Å². The SMILES string of the molecule is O=C(NC1C2CNCC21)c1ccsc1. The van der Waals surface area contributed by atoms with Gasteiger partial charge in [-0.3, -0.25) is 4.79 Å². The number of hydrogen-bond acceptors (Lipinski definition) is 3. The molecule has 2 unspecified atom stereocenters.